The van der Waals surface area contributed by atoms with Gasteiger partial charge in [-0.05, 0) is 30.7 Å². The molecule has 3 rings (SSSR count). The molecule has 0 saturated carbocycles. The summed E-state index contributed by atoms with van der Waals surface area (Å²) in [4.78, 5) is 6.65. The van der Waals surface area contributed by atoms with Gasteiger partial charge in [0.15, 0.2) is 0 Å². The third-order valence-corrected chi connectivity index (χ3v) is 4.05. The van der Waals surface area contributed by atoms with E-state index in [1.54, 1.807) is 0 Å². The van der Waals surface area contributed by atoms with Crippen LogP contribution in [0.2, 0.25) is 0 Å². The van der Waals surface area contributed by atoms with E-state index in [4.69, 9.17) is 4.74 Å². The molecule has 2 aliphatic rings. The van der Waals surface area contributed by atoms with E-state index in [0.29, 0.717) is 12.0 Å². The van der Waals surface area contributed by atoms with Crippen LogP contribution >= 0.6 is 0 Å². The Bertz CT molecular complexity index is 371. The van der Waals surface area contributed by atoms with Crippen LogP contribution in [0.4, 0.5) is 0 Å². The van der Waals surface area contributed by atoms with Gasteiger partial charge in [0.05, 0.1) is 13.2 Å². The van der Waals surface area contributed by atoms with Gasteiger partial charge < -0.3 is 10.1 Å². The van der Waals surface area contributed by atoms with E-state index in [1.807, 2.05) is 12.4 Å². The number of aromatic nitrogens is 1. The molecule has 4 heteroatoms. The highest BCUT2D eigenvalue weighted by Gasteiger charge is 2.32. The first-order valence-electron chi connectivity index (χ1n) is 6.85. The maximum absolute atomic E-state index is 5.75. The Kier molecular flexibility index (Phi) is 3.88. The molecule has 1 aromatic rings. The zero-order valence-corrected chi connectivity index (χ0v) is 10.7. The predicted molar refractivity (Wildman–Crippen MR) is 70.2 cm³/mol. The molecule has 2 unspecified atom stereocenters. The Morgan fingerprint density at radius 2 is 2.28 bits per heavy atom. The minimum absolute atomic E-state index is 0.620. The standard InChI is InChI=1S/C14H21N3O/c1-4-15-5-2-12(1)10-17-7-8-18-11-13-3-6-16-9-14(13)17/h1-2,4-5,13-14,16H,3,6-11H2. The second-order valence-electron chi connectivity index (χ2n) is 5.22. The number of nitrogens with zero attached hydrogens (tertiary/aromatic N) is 2. The van der Waals surface area contributed by atoms with Crippen LogP contribution in [-0.2, 0) is 11.3 Å². The minimum Gasteiger partial charge on any atom is -0.380 e. The molecule has 98 valence electrons. The van der Waals surface area contributed by atoms with Gasteiger partial charge in [0.25, 0.3) is 0 Å². The molecule has 0 amide bonds. The summed E-state index contributed by atoms with van der Waals surface area (Å²) >= 11 is 0. The van der Waals surface area contributed by atoms with Crippen LogP contribution in [0.3, 0.4) is 0 Å². The van der Waals surface area contributed by atoms with Gasteiger partial charge in [-0.2, -0.15) is 0 Å². The molecule has 0 aliphatic carbocycles. The quantitative estimate of drug-likeness (QED) is 0.842. The number of nitrogens with one attached hydrogen (secondary N) is 1. The molecule has 2 fully saturated rings. The van der Waals surface area contributed by atoms with E-state index in [2.05, 4.69) is 27.3 Å². The fourth-order valence-electron chi connectivity index (χ4n) is 3.02. The number of fused-ring (bicyclic) bond motifs is 1. The summed E-state index contributed by atoms with van der Waals surface area (Å²) < 4.78 is 5.75. The fraction of sp³-hybridized carbons (Fsp3) is 0.643. The second-order valence-corrected chi connectivity index (χ2v) is 5.22. The van der Waals surface area contributed by atoms with Gasteiger partial charge in [-0.3, -0.25) is 9.88 Å². The van der Waals surface area contributed by atoms with Gasteiger partial charge in [0, 0.05) is 44.0 Å². The van der Waals surface area contributed by atoms with Crippen molar-refractivity contribution in [3.8, 4) is 0 Å². The van der Waals surface area contributed by atoms with Gasteiger partial charge in [0.1, 0.15) is 0 Å². The van der Waals surface area contributed by atoms with E-state index in [9.17, 15) is 0 Å². The Labute approximate surface area is 108 Å². The van der Waals surface area contributed by atoms with Crippen molar-refractivity contribution >= 4 is 0 Å². The molecule has 18 heavy (non-hydrogen) atoms. The monoisotopic (exact) mass is 247 g/mol. The highest BCUT2D eigenvalue weighted by Crippen LogP contribution is 2.22. The van der Waals surface area contributed by atoms with Crippen molar-refractivity contribution in [1.29, 1.82) is 0 Å². The first kappa shape index (κ1) is 12.1. The van der Waals surface area contributed by atoms with Crippen LogP contribution in [0.15, 0.2) is 24.5 Å². The number of ether oxygens (including phenoxy) is 1. The smallest absolute Gasteiger partial charge is 0.0593 e. The normalized spacial score (nSPS) is 29.6. The number of rotatable bonds is 2. The first-order chi connectivity index (χ1) is 8.93. The molecular weight excluding hydrogens is 226 g/mol. The van der Waals surface area contributed by atoms with E-state index in [-0.39, 0.29) is 0 Å². The molecule has 2 saturated heterocycles. The molecule has 1 aromatic heterocycles. The molecular formula is C14H21N3O. The van der Waals surface area contributed by atoms with Gasteiger partial charge in [0.2, 0.25) is 0 Å². The molecule has 0 aromatic carbocycles. The molecule has 1 N–H and O–H groups in total. The first-order valence-corrected chi connectivity index (χ1v) is 6.85. The lowest BCUT2D eigenvalue weighted by Crippen LogP contribution is -2.51. The summed E-state index contributed by atoms with van der Waals surface area (Å²) in [6.07, 6.45) is 4.98. The number of hydrogen-bond donors (Lipinski definition) is 1. The summed E-state index contributed by atoms with van der Waals surface area (Å²) in [7, 11) is 0. The summed E-state index contributed by atoms with van der Waals surface area (Å²) in [5.74, 6) is 0.690. The summed E-state index contributed by atoms with van der Waals surface area (Å²) in [6, 6.07) is 4.84. The van der Waals surface area contributed by atoms with Gasteiger partial charge in [-0.15, -0.1) is 0 Å². The van der Waals surface area contributed by atoms with Crippen LogP contribution in [0, 0.1) is 5.92 Å². The van der Waals surface area contributed by atoms with Gasteiger partial charge >= 0.3 is 0 Å². The summed E-state index contributed by atoms with van der Waals surface area (Å²) in [5, 5.41) is 3.52. The van der Waals surface area contributed by atoms with Crippen molar-refractivity contribution < 1.29 is 4.74 Å². The molecule has 0 bridgehead atoms. The zero-order chi connectivity index (χ0) is 12.2. The third-order valence-electron chi connectivity index (χ3n) is 4.05. The maximum Gasteiger partial charge on any atom is 0.0593 e. The number of hydrogen-bond acceptors (Lipinski definition) is 4. The lowest BCUT2D eigenvalue weighted by molar-refractivity contribution is 0.0991. The Hall–Kier alpha value is -0.970. The van der Waals surface area contributed by atoms with Crippen LogP contribution < -0.4 is 5.32 Å². The van der Waals surface area contributed by atoms with Crippen molar-refractivity contribution in [2.75, 3.05) is 32.8 Å². The average Bonchev–Trinajstić information content (AvgIpc) is 2.63. The highest BCUT2D eigenvalue weighted by atomic mass is 16.5. The van der Waals surface area contributed by atoms with E-state index in [0.717, 1.165) is 39.4 Å². The largest absolute Gasteiger partial charge is 0.380 e. The summed E-state index contributed by atoms with van der Waals surface area (Å²) in [6.45, 7) is 6.06. The number of pyridine rings is 1. The van der Waals surface area contributed by atoms with Crippen molar-refractivity contribution in [3.05, 3.63) is 30.1 Å². The van der Waals surface area contributed by atoms with Gasteiger partial charge in [-0.1, -0.05) is 0 Å². The van der Waals surface area contributed by atoms with Crippen LogP contribution in [0.25, 0.3) is 0 Å². The highest BCUT2D eigenvalue weighted by molar-refractivity contribution is 5.10. The summed E-state index contributed by atoms with van der Waals surface area (Å²) in [5.41, 5.74) is 1.34. The molecule has 0 radical (unpaired) electrons. The zero-order valence-electron chi connectivity index (χ0n) is 10.7. The molecule has 3 heterocycles. The molecule has 4 nitrogen and oxygen atoms in total. The number of piperidine rings is 1. The predicted octanol–water partition coefficient (Wildman–Crippen LogP) is 0.892. The van der Waals surface area contributed by atoms with Crippen molar-refractivity contribution in [3.63, 3.8) is 0 Å². The lowest BCUT2D eigenvalue weighted by atomic mass is 9.92. The lowest BCUT2D eigenvalue weighted by Gasteiger charge is -2.37. The Morgan fingerprint density at radius 3 is 3.17 bits per heavy atom. The molecule has 0 spiro atoms. The van der Waals surface area contributed by atoms with Crippen LogP contribution in [0.1, 0.15) is 12.0 Å². The third kappa shape index (κ3) is 2.71. The van der Waals surface area contributed by atoms with E-state index in [1.165, 1.54) is 12.0 Å². The molecule has 2 aliphatic heterocycles. The topological polar surface area (TPSA) is 37.4 Å². The van der Waals surface area contributed by atoms with Crippen LogP contribution in [0.5, 0.6) is 0 Å². The Morgan fingerprint density at radius 1 is 1.39 bits per heavy atom. The maximum atomic E-state index is 5.75. The van der Waals surface area contributed by atoms with Crippen LogP contribution in [-0.4, -0.2) is 48.8 Å². The fourth-order valence-corrected chi connectivity index (χ4v) is 3.02. The van der Waals surface area contributed by atoms with Crippen molar-refractivity contribution in [2.45, 2.75) is 19.0 Å². The minimum atomic E-state index is 0.620. The van der Waals surface area contributed by atoms with E-state index >= 15 is 0 Å². The van der Waals surface area contributed by atoms with Crippen molar-refractivity contribution in [2.24, 2.45) is 5.92 Å². The SMILES string of the molecule is c1cc(CN2CCOCC3CCNCC32)ccn1. The van der Waals surface area contributed by atoms with Crippen molar-refractivity contribution in [1.82, 2.24) is 15.2 Å². The second kappa shape index (κ2) is 5.78. The Balaban J connectivity index is 1.72. The average molecular weight is 247 g/mol. The molecule has 2 atom stereocenters. The van der Waals surface area contributed by atoms with E-state index < -0.39 is 0 Å². The van der Waals surface area contributed by atoms with Gasteiger partial charge in [-0.25, -0.2) is 0 Å².